The zero-order valence-corrected chi connectivity index (χ0v) is 17.0. The molecule has 29 heavy (non-hydrogen) atoms. The van der Waals surface area contributed by atoms with Crippen LogP contribution in [0.1, 0.15) is 23.8 Å². The van der Waals surface area contributed by atoms with E-state index in [1.807, 2.05) is 6.07 Å². The first-order valence-electron chi connectivity index (χ1n) is 10.0. The number of aryl methyl sites for hydroxylation is 1. The van der Waals surface area contributed by atoms with Gasteiger partial charge in [0.1, 0.15) is 6.10 Å². The van der Waals surface area contributed by atoms with Crippen molar-refractivity contribution in [3.63, 3.8) is 0 Å². The molecule has 2 nitrogen and oxygen atoms in total. The first-order valence-corrected chi connectivity index (χ1v) is 11.3. The Morgan fingerprint density at radius 2 is 1.28 bits per heavy atom. The molecule has 1 aliphatic rings. The van der Waals surface area contributed by atoms with E-state index in [4.69, 9.17) is 9.51 Å². The van der Waals surface area contributed by atoms with Crippen molar-refractivity contribution < 1.29 is 4.52 Å². The Labute approximate surface area is 173 Å². The quantitative estimate of drug-likeness (QED) is 0.399. The molecule has 0 aliphatic heterocycles. The van der Waals surface area contributed by atoms with Crippen LogP contribution >= 0.6 is 8.15 Å². The number of aromatic nitrogens is 1. The summed E-state index contributed by atoms with van der Waals surface area (Å²) in [5, 5.41) is 2.47. The Bertz CT molecular complexity index is 1040. The second-order valence-electron chi connectivity index (χ2n) is 7.21. The monoisotopic (exact) mass is 395 g/mol. The molecule has 0 fully saturated rings. The summed E-state index contributed by atoms with van der Waals surface area (Å²) >= 11 is 0. The summed E-state index contributed by atoms with van der Waals surface area (Å²) in [6.07, 6.45) is 2.04. The van der Waals surface area contributed by atoms with Crippen molar-refractivity contribution in [2.45, 2.75) is 18.9 Å². The Morgan fingerprint density at radius 3 is 1.90 bits per heavy atom. The fourth-order valence-corrected chi connectivity index (χ4v) is 5.70. The number of hydrogen-bond donors (Lipinski definition) is 0. The van der Waals surface area contributed by atoms with Gasteiger partial charge in [-0.2, -0.15) is 0 Å². The molecule has 1 atom stereocenters. The van der Waals surface area contributed by atoms with Crippen LogP contribution in [0.15, 0.2) is 103 Å². The first kappa shape index (κ1) is 18.2. The molecule has 142 valence electrons. The first-order chi connectivity index (χ1) is 14.4. The number of rotatable bonds is 5. The SMILES string of the molecule is c1ccc(-c2ccc3c(n2)[C@H](OP(c2ccccc2)c2ccccc2)CC3)cc1. The molecule has 0 spiro atoms. The van der Waals surface area contributed by atoms with Gasteiger partial charge in [0.25, 0.3) is 0 Å². The molecule has 0 saturated heterocycles. The minimum absolute atomic E-state index is 0.0279. The van der Waals surface area contributed by atoms with Crippen molar-refractivity contribution in [2.75, 3.05) is 0 Å². The lowest BCUT2D eigenvalue weighted by Crippen LogP contribution is -2.15. The molecule has 0 unspecified atom stereocenters. The van der Waals surface area contributed by atoms with Crippen molar-refractivity contribution in [1.29, 1.82) is 0 Å². The summed E-state index contributed by atoms with van der Waals surface area (Å²) in [6.45, 7) is 0. The average Bonchev–Trinajstić information content (AvgIpc) is 3.21. The van der Waals surface area contributed by atoms with Crippen LogP contribution in [0.4, 0.5) is 0 Å². The lowest BCUT2D eigenvalue weighted by molar-refractivity contribution is 0.234. The van der Waals surface area contributed by atoms with E-state index in [9.17, 15) is 0 Å². The van der Waals surface area contributed by atoms with E-state index < -0.39 is 8.15 Å². The van der Waals surface area contributed by atoms with Gasteiger partial charge in [-0.25, -0.2) is 4.98 Å². The van der Waals surface area contributed by atoms with Gasteiger partial charge in [-0.15, -0.1) is 0 Å². The van der Waals surface area contributed by atoms with Crippen molar-refractivity contribution in [3.8, 4) is 11.3 Å². The second kappa shape index (κ2) is 8.29. The van der Waals surface area contributed by atoms with Crippen molar-refractivity contribution in [1.82, 2.24) is 4.98 Å². The van der Waals surface area contributed by atoms with Gasteiger partial charge in [0.15, 0.2) is 0 Å². The van der Waals surface area contributed by atoms with Crippen LogP contribution in [0.3, 0.4) is 0 Å². The summed E-state index contributed by atoms with van der Waals surface area (Å²) < 4.78 is 6.80. The third-order valence-electron chi connectivity index (χ3n) is 5.28. The van der Waals surface area contributed by atoms with Gasteiger partial charge < -0.3 is 4.52 Å². The van der Waals surface area contributed by atoms with Crippen LogP contribution in [0.2, 0.25) is 0 Å². The standard InChI is InChI=1S/C26H22NOP/c1-4-10-20(11-5-1)24-18-16-21-17-19-25(26(21)27-24)28-29(22-12-6-2-7-13-22)23-14-8-3-9-15-23/h1-16,18,25H,17,19H2/t25-/m1/s1. The zero-order valence-electron chi connectivity index (χ0n) is 16.1. The summed E-state index contributed by atoms with van der Waals surface area (Å²) in [5.74, 6) is 0. The average molecular weight is 395 g/mol. The minimum Gasteiger partial charge on any atom is -0.340 e. The van der Waals surface area contributed by atoms with Crippen LogP contribution in [0, 0.1) is 0 Å². The maximum atomic E-state index is 6.80. The highest BCUT2D eigenvalue weighted by Crippen LogP contribution is 2.45. The fraction of sp³-hybridized carbons (Fsp3) is 0.115. The molecule has 4 aromatic rings. The van der Waals surface area contributed by atoms with Crippen LogP contribution in [-0.2, 0) is 10.9 Å². The van der Waals surface area contributed by atoms with Crippen LogP contribution in [0.5, 0.6) is 0 Å². The number of benzene rings is 3. The normalized spacial score (nSPS) is 15.4. The molecule has 0 amide bonds. The Hall–Kier alpha value is -2.80. The molecule has 3 heteroatoms. The van der Waals surface area contributed by atoms with E-state index in [1.165, 1.54) is 16.2 Å². The molecule has 1 aliphatic carbocycles. The molecule has 0 bridgehead atoms. The van der Waals surface area contributed by atoms with Gasteiger partial charge in [-0.05, 0) is 24.5 Å². The van der Waals surface area contributed by atoms with Gasteiger partial charge in [-0.3, -0.25) is 0 Å². The van der Waals surface area contributed by atoms with E-state index in [2.05, 4.69) is 97.1 Å². The van der Waals surface area contributed by atoms with Gasteiger partial charge in [0, 0.05) is 16.2 Å². The summed E-state index contributed by atoms with van der Waals surface area (Å²) in [5.41, 5.74) is 4.58. The Balaban J connectivity index is 1.49. The highest BCUT2D eigenvalue weighted by Gasteiger charge is 2.29. The topological polar surface area (TPSA) is 22.1 Å². The van der Waals surface area contributed by atoms with E-state index in [0.717, 1.165) is 29.8 Å². The summed E-state index contributed by atoms with van der Waals surface area (Å²) in [6, 6.07) is 35.9. The zero-order chi connectivity index (χ0) is 19.5. The molecule has 0 saturated carbocycles. The molecular formula is C26H22NOP. The minimum atomic E-state index is -0.890. The molecule has 1 aromatic heterocycles. The van der Waals surface area contributed by atoms with E-state index in [-0.39, 0.29) is 6.10 Å². The van der Waals surface area contributed by atoms with Crippen LogP contribution in [0.25, 0.3) is 11.3 Å². The fourth-order valence-electron chi connectivity index (χ4n) is 3.81. The lowest BCUT2D eigenvalue weighted by atomic mass is 10.1. The predicted octanol–water partition coefficient (Wildman–Crippen LogP) is 5.80. The molecular weight excluding hydrogens is 373 g/mol. The summed E-state index contributed by atoms with van der Waals surface area (Å²) in [4.78, 5) is 5.03. The molecule has 3 aromatic carbocycles. The number of nitrogens with zero attached hydrogens (tertiary/aromatic N) is 1. The van der Waals surface area contributed by atoms with Crippen molar-refractivity contribution in [2.24, 2.45) is 0 Å². The predicted molar refractivity (Wildman–Crippen MR) is 121 cm³/mol. The molecule has 1 heterocycles. The lowest BCUT2D eigenvalue weighted by Gasteiger charge is -2.23. The maximum Gasteiger partial charge on any atom is 0.105 e. The highest BCUT2D eigenvalue weighted by atomic mass is 31.1. The van der Waals surface area contributed by atoms with E-state index in [0.29, 0.717) is 0 Å². The van der Waals surface area contributed by atoms with Crippen LogP contribution < -0.4 is 10.6 Å². The maximum absolute atomic E-state index is 6.80. The Kier molecular flexibility index (Phi) is 5.21. The largest absolute Gasteiger partial charge is 0.340 e. The summed E-state index contributed by atoms with van der Waals surface area (Å²) in [7, 11) is -0.890. The third kappa shape index (κ3) is 3.87. The van der Waals surface area contributed by atoms with Crippen LogP contribution in [-0.4, -0.2) is 4.98 Å². The smallest absolute Gasteiger partial charge is 0.105 e. The number of hydrogen-bond acceptors (Lipinski definition) is 2. The highest BCUT2D eigenvalue weighted by molar-refractivity contribution is 7.68. The Morgan fingerprint density at radius 1 is 0.690 bits per heavy atom. The number of fused-ring (bicyclic) bond motifs is 1. The van der Waals surface area contributed by atoms with E-state index in [1.54, 1.807) is 0 Å². The molecule has 0 N–H and O–H groups in total. The van der Waals surface area contributed by atoms with Gasteiger partial charge in [0.05, 0.1) is 19.5 Å². The second-order valence-corrected chi connectivity index (χ2v) is 9.04. The number of pyridine rings is 1. The molecule has 0 radical (unpaired) electrons. The third-order valence-corrected chi connectivity index (χ3v) is 7.28. The molecule has 5 rings (SSSR count). The van der Waals surface area contributed by atoms with Crippen molar-refractivity contribution >= 4 is 18.8 Å². The van der Waals surface area contributed by atoms with Gasteiger partial charge >= 0.3 is 0 Å². The van der Waals surface area contributed by atoms with Gasteiger partial charge in [-0.1, -0.05) is 97.1 Å². The van der Waals surface area contributed by atoms with Crippen molar-refractivity contribution in [3.05, 3.63) is 114 Å². The van der Waals surface area contributed by atoms with Gasteiger partial charge in [0.2, 0.25) is 0 Å². The van der Waals surface area contributed by atoms with E-state index >= 15 is 0 Å².